The molecular weight excluding hydrogens is 508 g/mol. The topological polar surface area (TPSA) is 55.8 Å². The van der Waals surface area contributed by atoms with E-state index in [0.717, 1.165) is 20.2 Å². The van der Waals surface area contributed by atoms with Gasteiger partial charge in [-0.1, -0.05) is 24.1 Å². The predicted molar refractivity (Wildman–Crippen MR) is 118 cm³/mol. The molecule has 29 heavy (non-hydrogen) atoms. The minimum absolute atomic E-state index is 0.0979. The van der Waals surface area contributed by atoms with Gasteiger partial charge in [0.1, 0.15) is 12.4 Å². The lowest BCUT2D eigenvalue weighted by atomic mass is 10.1. The number of carbonyl (C=O) groups excluding carboxylic acids is 2. The van der Waals surface area contributed by atoms with Crippen LogP contribution in [0.4, 0.5) is 9.18 Å². The van der Waals surface area contributed by atoms with Crippen molar-refractivity contribution in [2.24, 2.45) is 0 Å². The Morgan fingerprint density at radius 3 is 2.76 bits per heavy atom. The summed E-state index contributed by atoms with van der Waals surface area (Å²) in [5.41, 5.74) is 0.943. The molecule has 1 aliphatic heterocycles. The van der Waals surface area contributed by atoms with Crippen LogP contribution >= 0.6 is 34.4 Å². The molecule has 0 spiro atoms. The summed E-state index contributed by atoms with van der Waals surface area (Å²) in [6.07, 6.45) is 6.83. The highest BCUT2D eigenvalue weighted by atomic mass is 127. The molecule has 8 heteroatoms. The number of ether oxygens (including phenoxy) is 2. The number of rotatable bonds is 6. The van der Waals surface area contributed by atoms with Crippen molar-refractivity contribution in [1.82, 2.24) is 4.90 Å². The van der Waals surface area contributed by atoms with E-state index in [4.69, 9.17) is 15.9 Å². The van der Waals surface area contributed by atoms with E-state index in [1.54, 1.807) is 36.4 Å². The van der Waals surface area contributed by atoms with E-state index in [1.165, 1.54) is 13.2 Å². The average molecular weight is 523 g/mol. The van der Waals surface area contributed by atoms with Crippen LogP contribution in [0.5, 0.6) is 11.5 Å². The van der Waals surface area contributed by atoms with Gasteiger partial charge in [-0.2, -0.15) is 0 Å². The zero-order valence-electron chi connectivity index (χ0n) is 15.3. The van der Waals surface area contributed by atoms with Crippen LogP contribution in [0.25, 0.3) is 6.08 Å². The maximum Gasteiger partial charge on any atom is 0.293 e. The number of methoxy groups -OCH3 is 1. The SMILES string of the molecule is C#CCOc1c(I)cc(/C=C2\SC(=O)N(Cc3ccccc3F)C2=O)cc1OC. The Bertz CT molecular complexity index is 1050. The zero-order valence-corrected chi connectivity index (χ0v) is 18.3. The van der Waals surface area contributed by atoms with E-state index in [2.05, 4.69) is 28.5 Å². The summed E-state index contributed by atoms with van der Waals surface area (Å²) in [6.45, 7) is -0.0188. The van der Waals surface area contributed by atoms with Crippen molar-refractivity contribution < 1.29 is 23.5 Å². The van der Waals surface area contributed by atoms with Gasteiger partial charge in [-0.25, -0.2) is 4.39 Å². The first kappa shape index (κ1) is 21.2. The number of benzene rings is 2. The number of carbonyl (C=O) groups is 2. The smallest absolute Gasteiger partial charge is 0.293 e. The summed E-state index contributed by atoms with van der Waals surface area (Å²) in [4.78, 5) is 26.3. The summed E-state index contributed by atoms with van der Waals surface area (Å²) < 4.78 is 25.5. The molecule has 0 aliphatic carbocycles. The van der Waals surface area contributed by atoms with E-state index in [-0.39, 0.29) is 23.6 Å². The van der Waals surface area contributed by atoms with Gasteiger partial charge in [0.05, 0.1) is 22.1 Å². The molecule has 0 N–H and O–H groups in total. The van der Waals surface area contributed by atoms with Crippen molar-refractivity contribution in [3.63, 3.8) is 0 Å². The van der Waals surface area contributed by atoms with Gasteiger partial charge in [-0.3, -0.25) is 14.5 Å². The van der Waals surface area contributed by atoms with Gasteiger partial charge < -0.3 is 9.47 Å². The molecular formula is C21H15FINO4S. The van der Waals surface area contributed by atoms with Crippen LogP contribution in [0.15, 0.2) is 41.3 Å². The molecule has 2 aromatic carbocycles. The van der Waals surface area contributed by atoms with Crippen LogP contribution in [0.2, 0.25) is 0 Å². The van der Waals surface area contributed by atoms with Crippen molar-refractivity contribution in [3.05, 3.63) is 61.8 Å². The van der Waals surface area contributed by atoms with Gasteiger partial charge in [0.15, 0.2) is 11.5 Å². The molecule has 1 heterocycles. The molecule has 0 unspecified atom stereocenters. The zero-order chi connectivity index (χ0) is 21.0. The van der Waals surface area contributed by atoms with Crippen LogP contribution < -0.4 is 9.47 Å². The fourth-order valence-electron chi connectivity index (χ4n) is 2.66. The second-order valence-corrected chi connectivity index (χ2v) is 8.04. The van der Waals surface area contributed by atoms with E-state index in [9.17, 15) is 14.0 Å². The number of halogens is 2. The number of hydrogen-bond acceptors (Lipinski definition) is 5. The lowest BCUT2D eigenvalue weighted by molar-refractivity contribution is -0.123. The molecule has 0 saturated carbocycles. The number of thioether (sulfide) groups is 1. The van der Waals surface area contributed by atoms with Crippen LogP contribution in [0.3, 0.4) is 0 Å². The third-order valence-electron chi connectivity index (χ3n) is 4.01. The van der Waals surface area contributed by atoms with Gasteiger partial charge in [0.25, 0.3) is 11.1 Å². The monoisotopic (exact) mass is 523 g/mol. The first-order valence-electron chi connectivity index (χ1n) is 8.37. The fraction of sp³-hybridized carbons (Fsp3) is 0.143. The molecule has 1 saturated heterocycles. The molecule has 2 aromatic rings. The highest BCUT2D eigenvalue weighted by Gasteiger charge is 2.35. The molecule has 0 radical (unpaired) electrons. The van der Waals surface area contributed by atoms with E-state index in [1.807, 2.05) is 0 Å². The van der Waals surface area contributed by atoms with Gasteiger partial charge >= 0.3 is 0 Å². The van der Waals surface area contributed by atoms with Gasteiger partial charge in [-0.15, -0.1) is 6.42 Å². The normalized spacial score (nSPS) is 15.0. The van der Waals surface area contributed by atoms with E-state index < -0.39 is 17.0 Å². The number of imide groups is 1. The van der Waals surface area contributed by atoms with Gasteiger partial charge in [-0.05, 0) is 64.2 Å². The van der Waals surface area contributed by atoms with Crippen molar-refractivity contribution in [2.45, 2.75) is 6.54 Å². The summed E-state index contributed by atoms with van der Waals surface area (Å²) in [5, 5.41) is -0.444. The number of terminal acetylenes is 1. The van der Waals surface area contributed by atoms with Crippen molar-refractivity contribution in [1.29, 1.82) is 0 Å². The molecule has 2 amide bonds. The van der Waals surface area contributed by atoms with Crippen LogP contribution in [-0.2, 0) is 11.3 Å². The average Bonchev–Trinajstić information content (AvgIpc) is 2.95. The quantitative estimate of drug-likeness (QED) is 0.313. The summed E-state index contributed by atoms with van der Waals surface area (Å²) in [6, 6.07) is 9.54. The molecule has 0 atom stereocenters. The Morgan fingerprint density at radius 1 is 1.31 bits per heavy atom. The van der Waals surface area contributed by atoms with Gasteiger partial charge in [0, 0.05) is 5.56 Å². The summed E-state index contributed by atoms with van der Waals surface area (Å²) >= 11 is 2.89. The maximum absolute atomic E-state index is 13.9. The second kappa shape index (κ2) is 9.33. The molecule has 5 nitrogen and oxygen atoms in total. The molecule has 3 rings (SSSR count). The van der Waals surface area contributed by atoms with E-state index >= 15 is 0 Å². The largest absolute Gasteiger partial charge is 0.493 e. The lowest BCUT2D eigenvalue weighted by Crippen LogP contribution is -2.27. The number of amides is 2. The molecule has 0 bridgehead atoms. The Balaban J connectivity index is 1.87. The summed E-state index contributed by atoms with van der Waals surface area (Å²) in [7, 11) is 1.50. The maximum atomic E-state index is 13.9. The highest BCUT2D eigenvalue weighted by Crippen LogP contribution is 2.37. The number of hydrogen-bond donors (Lipinski definition) is 0. The summed E-state index contributed by atoms with van der Waals surface area (Å²) in [5.74, 6) is 2.44. The molecule has 1 aliphatic rings. The third-order valence-corrected chi connectivity index (χ3v) is 5.72. The highest BCUT2D eigenvalue weighted by molar-refractivity contribution is 14.1. The molecule has 1 fully saturated rings. The Morgan fingerprint density at radius 2 is 2.07 bits per heavy atom. The third kappa shape index (κ3) is 4.74. The van der Waals surface area contributed by atoms with Crippen LogP contribution in [0, 0.1) is 21.7 Å². The minimum atomic E-state index is -0.468. The Labute approximate surface area is 185 Å². The minimum Gasteiger partial charge on any atom is -0.493 e. The van der Waals surface area contributed by atoms with Gasteiger partial charge in [0.2, 0.25) is 0 Å². The molecule has 0 aromatic heterocycles. The first-order chi connectivity index (χ1) is 13.9. The predicted octanol–water partition coefficient (Wildman–Crippen LogP) is 4.69. The fourth-order valence-corrected chi connectivity index (χ4v) is 4.28. The van der Waals surface area contributed by atoms with Crippen molar-refractivity contribution >= 4 is 51.6 Å². The van der Waals surface area contributed by atoms with Crippen molar-refractivity contribution in [2.75, 3.05) is 13.7 Å². The second-order valence-electron chi connectivity index (χ2n) is 5.89. The van der Waals surface area contributed by atoms with Crippen LogP contribution in [-0.4, -0.2) is 29.8 Å². The van der Waals surface area contributed by atoms with Crippen molar-refractivity contribution in [3.8, 4) is 23.8 Å². The first-order valence-corrected chi connectivity index (χ1v) is 10.3. The standard InChI is InChI=1S/C21H15FINO4S/c1-3-8-28-19-16(23)9-13(10-17(19)27-2)11-18-20(25)24(21(26)29-18)12-14-6-4-5-7-15(14)22/h1,4-7,9-11H,8,12H2,2H3/b18-11-. The van der Waals surface area contributed by atoms with E-state index in [0.29, 0.717) is 17.1 Å². The Hall–Kier alpha value is -2.51. The molecule has 148 valence electrons. The van der Waals surface area contributed by atoms with Crippen LogP contribution in [0.1, 0.15) is 11.1 Å². The Kier molecular flexibility index (Phi) is 6.82. The number of nitrogens with zero attached hydrogens (tertiary/aromatic N) is 1. The lowest BCUT2D eigenvalue weighted by Gasteiger charge is -2.13.